The summed E-state index contributed by atoms with van der Waals surface area (Å²) in [5.74, 6) is 0.868. The number of aryl methyl sites for hydroxylation is 1. The standard InChI is InChI=1S/C15H13ClN2OS/c1-3-19-11-7-5-4-6-10(11)13-9(2)20-12-8-17-15(16)18-14(12)13/h4-8H,3H2,1-2H3. The van der Waals surface area contributed by atoms with Crippen LogP contribution in [0.2, 0.25) is 5.28 Å². The predicted octanol–water partition coefficient (Wildman–Crippen LogP) is 4.72. The van der Waals surface area contributed by atoms with Gasteiger partial charge < -0.3 is 4.74 Å². The molecule has 2 heterocycles. The van der Waals surface area contributed by atoms with Gasteiger partial charge >= 0.3 is 0 Å². The van der Waals surface area contributed by atoms with Crippen molar-refractivity contribution in [1.82, 2.24) is 9.97 Å². The molecule has 0 bridgehead atoms. The Morgan fingerprint density at radius 2 is 2.10 bits per heavy atom. The first-order valence-corrected chi connectivity index (χ1v) is 7.54. The molecule has 2 aromatic heterocycles. The molecule has 0 atom stereocenters. The molecule has 5 heteroatoms. The Kier molecular flexibility index (Phi) is 3.59. The van der Waals surface area contributed by atoms with Crippen LogP contribution in [0.4, 0.5) is 0 Å². The summed E-state index contributed by atoms with van der Waals surface area (Å²) >= 11 is 7.61. The van der Waals surface area contributed by atoms with E-state index in [-0.39, 0.29) is 5.28 Å². The van der Waals surface area contributed by atoms with Crippen LogP contribution in [0.1, 0.15) is 11.8 Å². The van der Waals surface area contributed by atoms with Crippen LogP contribution in [0.25, 0.3) is 21.3 Å². The Balaban J connectivity index is 2.29. The number of benzene rings is 1. The van der Waals surface area contributed by atoms with Crippen LogP contribution >= 0.6 is 22.9 Å². The van der Waals surface area contributed by atoms with E-state index >= 15 is 0 Å². The monoisotopic (exact) mass is 304 g/mol. The maximum Gasteiger partial charge on any atom is 0.222 e. The Morgan fingerprint density at radius 1 is 1.30 bits per heavy atom. The van der Waals surface area contributed by atoms with Gasteiger partial charge in [-0.2, -0.15) is 0 Å². The van der Waals surface area contributed by atoms with Crippen molar-refractivity contribution in [2.75, 3.05) is 6.61 Å². The van der Waals surface area contributed by atoms with E-state index in [0.29, 0.717) is 6.61 Å². The maximum absolute atomic E-state index is 5.94. The summed E-state index contributed by atoms with van der Waals surface area (Å²) in [6.45, 7) is 4.70. The SMILES string of the molecule is CCOc1ccccc1-c1c(C)sc2cnc(Cl)nc12. The van der Waals surface area contributed by atoms with Crippen molar-refractivity contribution < 1.29 is 4.74 Å². The predicted molar refractivity (Wildman–Crippen MR) is 83.8 cm³/mol. The van der Waals surface area contributed by atoms with Gasteiger partial charge in [0.15, 0.2) is 0 Å². The first kappa shape index (κ1) is 13.3. The molecule has 0 saturated carbocycles. The molecular weight excluding hydrogens is 292 g/mol. The highest BCUT2D eigenvalue weighted by Crippen LogP contribution is 2.41. The minimum absolute atomic E-state index is 0.269. The zero-order chi connectivity index (χ0) is 14.1. The van der Waals surface area contributed by atoms with Crippen molar-refractivity contribution in [2.24, 2.45) is 0 Å². The fourth-order valence-electron chi connectivity index (χ4n) is 2.26. The van der Waals surface area contributed by atoms with Crippen molar-refractivity contribution in [3.63, 3.8) is 0 Å². The molecule has 0 aliphatic heterocycles. The zero-order valence-electron chi connectivity index (χ0n) is 11.2. The third kappa shape index (κ3) is 2.25. The van der Waals surface area contributed by atoms with Gasteiger partial charge in [0.1, 0.15) is 5.75 Å². The highest BCUT2D eigenvalue weighted by atomic mass is 35.5. The van der Waals surface area contributed by atoms with Crippen LogP contribution in [0.3, 0.4) is 0 Å². The van der Waals surface area contributed by atoms with E-state index in [2.05, 4.69) is 23.0 Å². The number of halogens is 1. The molecule has 0 saturated heterocycles. The van der Waals surface area contributed by atoms with Gasteiger partial charge in [0, 0.05) is 22.2 Å². The summed E-state index contributed by atoms with van der Waals surface area (Å²) < 4.78 is 6.76. The zero-order valence-corrected chi connectivity index (χ0v) is 12.8. The normalized spacial score (nSPS) is 10.9. The summed E-state index contributed by atoms with van der Waals surface area (Å²) in [4.78, 5) is 9.61. The number of fused-ring (bicyclic) bond motifs is 1. The molecule has 0 fully saturated rings. The van der Waals surface area contributed by atoms with Crippen molar-refractivity contribution in [2.45, 2.75) is 13.8 Å². The molecule has 3 nitrogen and oxygen atoms in total. The number of aromatic nitrogens is 2. The Labute approximate surface area is 126 Å². The van der Waals surface area contributed by atoms with Gasteiger partial charge in [-0.05, 0) is 31.5 Å². The molecule has 0 spiro atoms. The first-order valence-electron chi connectivity index (χ1n) is 6.34. The first-order chi connectivity index (χ1) is 9.70. The van der Waals surface area contributed by atoms with Gasteiger partial charge in [0.25, 0.3) is 0 Å². The second kappa shape index (κ2) is 5.38. The van der Waals surface area contributed by atoms with Gasteiger partial charge in [-0.25, -0.2) is 9.97 Å². The van der Waals surface area contributed by atoms with Crippen LogP contribution in [-0.2, 0) is 0 Å². The lowest BCUT2D eigenvalue weighted by atomic mass is 10.0. The smallest absolute Gasteiger partial charge is 0.222 e. The number of ether oxygens (including phenoxy) is 1. The minimum atomic E-state index is 0.269. The number of thiophene rings is 1. The lowest BCUT2D eigenvalue weighted by molar-refractivity contribution is 0.341. The van der Waals surface area contributed by atoms with Crippen LogP contribution in [0.15, 0.2) is 30.5 Å². The number of para-hydroxylation sites is 1. The maximum atomic E-state index is 5.94. The Morgan fingerprint density at radius 3 is 2.90 bits per heavy atom. The summed E-state index contributed by atoms with van der Waals surface area (Å²) in [6, 6.07) is 8.00. The van der Waals surface area contributed by atoms with E-state index < -0.39 is 0 Å². The van der Waals surface area contributed by atoms with Crippen molar-refractivity contribution in [1.29, 1.82) is 0 Å². The number of nitrogens with zero attached hydrogens (tertiary/aromatic N) is 2. The van der Waals surface area contributed by atoms with Crippen molar-refractivity contribution in [3.8, 4) is 16.9 Å². The van der Waals surface area contributed by atoms with Crippen molar-refractivity contribution in [3.05, 3.63) is 40.6 Å². The second-order valence-corrected chi connectivity index (χ2v) is 5.91. The quantitative estimate of drug-likeness (QED) is 0.657. The molecule has 20 heavy (non-hydrogen) atoms. The minimum Gasteiger partial charge on any atom is -0.493 e. The highest BCUT2D eigenvalue weighted by Gasteiger charge is 2.16. The topological polar surface area (TPSA) is 35.0 Å². The van der Waals surface area contributed by atoms with Crippen molar-refractivity contribution >= 4 is 33.2 Å². The average molecular weight is 305 g/mol. The summed E-state index contributed by atoms with van der Waals surface area (Å²) in [5.41, 5.74) is 3.02. The fraction of sp³-hybridized carbons (Fsp3) is 0.200. The van der Waals surface area contributed by atoms with Gasteiger partial charge in [-0.15, -0.1) is 11.3 Å². The van der Waals surface area contributed by atoms with Gasteiger partial charge in [-0.1, -0.05) is 18.2 Å². The fourth-order valence-corrected chi connectivity index (χ4v) is 3.38. The third-order valence-corrected chi connectivity index (χ3v) is 4.25. The van der Waals surface area contributed by atoms with Gasteiger partial charge in [0.05, 0.1) is 16.8 Å². The van der Waals surface area contributed by atoms with E-state index in [0.717, 1.165) is 27.1 Å². The van der Waals surface area contributed by atoms with Crippen LogP contribution < -0.4 is 4.74 Å². The number of hydrogen-bond acceptors (Lipinski definition) is 4. The molecule has 102 valence electrons. The molecule has 1 aromatic carbocycles. The van der Waals surface area contributed by atoms with E-state index in [9.17, 15) is 0 Å². The average Bonchev–Trinajstić information content (AvgIpc) is 2.75. The molecule has 0 aliphatic carbocycles. The van der Waals surface area contributed by atoms with Gasteiger partial charge in [-0.3, -0.25) is 0 Å². The summed E-state index contributed by atoms with van der Waals surface area (Å²) in [5, 5.41) is 0.269. The number of hydrogen-bond donors (Lipinski definition) is 0. The molecule has 3 rings (SSSR count). The van der Waals surface area contributed by atoms with Crippen LogP contribution in [-0.4, -0.2) is 16.6 Å². The molecule has 0 N–H and O–H groups in total. The molecule has 0 amide bonds. The molecule has 0 aliphatic rings. The second-order valence-electron chi connectivity index (χ2n) is 4.31. The molecule has 0 radical (unpaired) electrons. The third-order valence-electron chi connectivity index (χ3n) is 3.03. The Hall–Kier alpha value is -1.65. The molecule has 3 aromatic rings. The van der Waals surface area contributed by atoms with E-state index in [1.54, 1.807) is 17.5 Å². The summed E-state index contributed by atoms with van der Waals surface area (Å²) in [6.07, 6.45) is 1.77. The van der Waals surface area contributed by atoms with E-state index in [1.807, 2.05) is 25.1 Å². The van der Waals surface area contributed by atoms with E-state index in [1.165, 1.54) is 4.88 Å². The highest BCUT2D eigenvalue weighted by molar-refractivity contribution is 7.19. The van der Waals surface area contributed by atoms with E-state index in [4.69, 9.17) is 16.3 Å². The Bertz CT molecular complexity index is 770. The number of rotatable bonds is 3. The lowest BCUT2D eigenvalue weighted by Crippen LogP contribution is -1.94. The van der Waals surface area contributed by atoms with Gasteiger partial charge in [0.2, 0.25) is 5.28 Å². The molecular formula is C15H13ClN2OS. The largest absolute Gasteiger partial charge is 0.493 e. The van der Waals surface area contributed by atoms with Crippen LogP contribution in [0, 0.1) is 6.92 Å². The lowest BCUT2D eigenvalue weighted by Gasteiger charge is -2.10. The van der Waals surface area contributed by atoms with Crippen LogP contribution in [0.5, 0.6) is 5.75 Å². The summed E-state index contributed by atoms with van der Waals surface area (Å²) in [7, 11) is 0. The molecule has 0 unspecified atom stereocenters.